The number of hydrogen-bond donors (Lipinski definition) is 1. The molecule has 0 saturated carbocycles. The Balaban J connectivity index is 1.88. The summed E-state index contributed by atoms with van der Waals surface area (Å²) in [6.45, 7) is 6.51. The fraction of sp³-hybridized carbons (Fsp3) is 0.833. The lowest BCUT2D eigenvalue weighted by atomic mass is 10.1. The molecule has 0 radical (unpaired) electrons. The second-order valence-electron chi connectivity index (χ2n) is 4.86. The van der Waals surface area contributed by atoms with Crippen LogP contribution in [-0.2, 0) is 9.59 Å². The number of piperazine rings is 1. The molecule has 1 N–H and O–H groups in total. The Labute approximate surface area is 102 Å². The van der Waals surface area contributed by atoms with Crippen molar-refractivity contribution in [2.24, 2.45) is 5.92 Å². The molecule has 2 amide bonds. The summed E-state index contributed by atoms with van der Waals surface area (Å²) < 4.78 is 0. The fourth-order valence-corrected chi connectivity index (χ4v) is 2.49. The van der Waals surface area contributed by atoms with E-state index >= 15 is 0 Å². The molecular weight excluding hydrogens is 218 g/mol. The Morgan fingerprint density at radius 2 is 1.76 bits per heavy atom. The standard InChI is InChI=1S/C12H21N3O2/c1-2-10-3-6-15(9-10)12(17)11(16)14-7-4-13-5-8-14/h10,13H,2-9H2,1H3. The molecule has 2 fully saturated rings. The molecule has 96 valence electrons. The molecule has 0 aromatic carbocycles. The third kappa shape index (κ3) is 2.77. The molecular formula is C12H21N3O2. The largest absolute Gasteiger partial charge is 0.334 e. The molecule has 2 saturated heterocycles. The van der Waals surface area contributed by atoms with Crippen molar-refractivity contribution in [2.45, 2.75) is 19.8 Å². The van der Waals surface area contributed by atoms with E-state index in [1.807, 2.05) is 0 Å². The lowest BCUT2D eigenvalue weighted by Crippen LogP contribution is -2.51. The molecule has 0 spiro atoms. The van der Waals surface area contributed by atoms with Gasteiger partial charge in [-0.15, -0.1) is 0 Å². The molecule has 0 aromatic rings. The van der Waals surface area contributed by atoms with Gasteiger partial charge in [-0.05, 0) is 12.3 Å². The van der Waals surface area contributed by atoms with Gasteiger partial charge in [-0.25, -0.2) is 0 Å². The van der Waals surface area contributed by atoms with Crippen LogP contribution >= 0.6 is 0 Å². The maximum absolute atomic E-state index is 12.0. The molecule has 2 rings (SSSR count). The van der Waals surface area contributed by atoms with Gasteiger partial charge < -0.3 is 15.1 Å². The first-order valence-corrected chi connectivity index (χ1v) is 6.51. The highest BCUT2D eigenvalue weighted by Gasteiger charge is 2.32. The molecule has 1 atom stereocenters. The van der Waals surface area contributed by atoms with Crippen molar-refractivity contribution in [1.29, 1.82) is 0 Å². The Morgan fingerprint density at radius 3 is 2.35 bits per heavy atom. The summed E-state index contributed by atoms with van der Waals surface area (Å²) in [5, 5.41) is 3.18. The van der Waals surface area contributed by atoms with Crippen molar-refractivity contribution < 1.29 is 9.59 Å². The van der Waals surface area contributed by atoms with Gasteiger partial charge in [0.25, 0.3) is 0 Å². The SMILES string of the molecule is CCC1CCN(C(=O)C(=O)N2CCNCC2)C1. The first-order valence-electron chi connectivity index (χ1n) is 6.51. The summed E-state index contributed by atoms with van der Waals surface area (Å²) in [7, 11) is 0. The van der Waals surface area contributed by atoms with Crippen molar-refractivity contribution in [3.8, 4) is 0 Å². The molecule has 2 aliphatic heterocycles. The molecule has 5 heteroatoms. The molecule has 0 aromatic heterocycles. The molecule has 17 heavy (non-hydrogen) atoms. The number of nitrogens with zero attached hydrogens (tertiary/aromatic N) is 2. The average Bonchev–Trinajstić information content (AvgIpc) is 2.87. The van der Waals surface area contributed by atoms with Gasteiger partial charge in [0.1, 0.15) is 0 Å². The number of amides is 2. The molecule has 2 aliphatic rings. The number of rotatable bonds is 1. The van der Waals surface area contributed by atoms with E-state index in [-0.39, 0.29) is 11.8 Å². The van der Waals surface area contributed by atoms with Crippen LogP contribution in [0.2, 0.25) is 0 Å². The van der Waals surface area contributed by atoms with Crippen LogP contribution in [0.1, 0.15) is 19.8 Å². The minimum absolute atomic E-state index is 0.303. The predicted molar refractivity (Wildman–Crippen MR) is 64.4 cm³/mol. The van der Waals surface area contributed by atoms with Crippen LogP contribution in [0.25, 0.3) is 0 Å². The van der Waals surface area contributed by atoms with Crippen LogP contribution in [0.15, 0.2) is 0 Å². The quantitative estimate of drug-likeness (QED) is 0.638. The van der Waals surface area contributed by atoms with E-state index in [2.05, 4.69) is 12.2 Å². The highest BCUT2D eigenvalue weighted by atomic mass is 16.2. The lowest BCUT2D eigenvalue weighted by Gasteiger charge is -2.28. The number of nitrogens with one attached hydrogen (secondary N) is 1. The van der Waals surface area contributed by atoms with Gasteiger partial charge in [0.15, 0.2) is 0 Å². The van der Waals surface area contributed by atoms with Crippen LogP contribution in [-0.4, -0.2) is 60.9 Å². The number of carbonyl (C=O) groups excluding carboxylic acids is 2. The summed E-state index contributed by atoms with van der Waals surface area (Å²) in [4.78, 5) is 27.4. The normalized spacial score (nSPS) is 25.1. The Bertz CT molecular complexity index is 300. The lowest BCUT2D eigenvalue weighted by molar-refractivity contribution is -0.151. The Hall–Kier alpha value is -1.10. The summed E-state index contributed by atoms with van der Waals surface area (Å²) >= 11 is 0. The van der Waals surface area contributed by atoms with Gasteiger partial charge in [-0.2, -0.15) is 0 Å². The van der Waals surface area contributed by atoms with Gasteiger partial charge in [0, 0.05) is 39.3 Å². The zero-order valence-corrected chi connectivity index (χ0v) is 10.4. The van der Waals surface area contributed by atoms with Crippen molar-refractivity contribution in [1.82, 2.24) is 15.1 Å². The monoisotopic (exact) mass is 239 g/mol. The zero-order chi connectivity index (χ0) is 12.3. The van der Waals surface area contributed by atoms with Crippen LogP contribution in [0, 0.1) is 5.92 Å². The van der Waals surface area contributed by atoms with Crippen LogP contribution in [0.3, 0.4) is 0 Å². The van der Waals surface area contributed by atoms with E-state index in [9.17, 15) is 9.59 Å². The van der Waals surface area contributed by atoms with E-state index < -0.39 is 0 Å². The van der Waals surface area contributed by atoms with Crippen molar-refractivity contribution >= 4 is 11.8 Å². The number of likely N-dealkylation sites (tertiary alicyclic amines) is 1. The summed E-state index contributed by atoms with van der Waals surface area (Å²) in [6, 6.07) is 0. The molecule has 5 nitrogen and oxygen atoms in total. The summed E-state index contributed by atoms with van der Waals surface area (Å²) in [5.74, 6) is -0.0409. The third-order valence-corrected chi connectivity index (χ3v) is 3.74. The van der Waals surface area contributed by atoms with Crippen molar-refractivity contribution in [3.63, 3.8) is 0 Å². The maximum atomic E-state index is 12.0. The summed E-state index contributed by atoms with van der Waals surface area (Å²) in [5.41, 5.74) is 0. The van der Waals surface area contributed by atoms with E-state index in [1.165, 1.54) is 0 Å². The molecule has 2 heterocycles. The Kier molecular flexibility index (Phi) is 3.99. The van der Waals surface area contributed by atoms with Crippen LogP contribution in [0.4, 0.5) is 0 Å². The van der Waals surface area contributed by atoms with Crippen molar-refractivity contribution in [3.05, 3.63) is 0 Å². The van der Waals surface area contributed by atoms with Crippen LogP contribution < -0.4 is 5.32 Å². The van der Waals surface area contributed by atoms with E-state index in [0.717, 1.165) is 39.0 Å². The van der Waals surface area contributed by atoms with Gasteiger partial charge in [0.05, 0.1) is 0 Å². The first kappa shape index (κ1) is 12.4. The first-order chi connectivity index (χ1) is 8.22. The molecule has 0 bridgehead atoms. The van der Waals surface area contributed by atoms with Crippen LogP contribution in [0.5, 0.6) is 0 Å². The average molecular weight is 239 g/mol. The van der Waals surface area contributed by atoms with Gasteiger partial charge in [-0.1, -0.05) is 13.3 Å². The van der Waals surface area contributed by atoms with Gasteiger partial charge in [0.2, 0.25) is 0 Å². The highest BCUT2D eigenvalue weighted by molar-refractivity contribution is 6.35. The maximum Gasteiger partial charge on any atom is 0.312 e. The second kappa shape index (κ2) is 5.49. The van der Waals surface area contributed by atoms with Crippen molar-refractivity contribution in [2.75, 3.05) is 39.3 Å². The fourth-order valence-electron chi connectivity index (χ4n) is 2.49. The smallest absolute Gasteiger partial charge is 0.312 e. The topological polar surface area (TPSA) is 52.7 Å². The second-order valence-corrected chi connectivity index (χ2v) is 4.86. The highest BCUT2D eigenvalue weighted by Crippen LogP contribution is 2.19. The van der Waals surface area contributed by atoms with E-state index in [0.29, 0.717) is 19.0 Å². The van der Waals surface area contributed by atoms with Gasteiger partial charge >= 0.3 is 11.8 Å². The van der Waals surface area contributed by atoms with E-state index in [1.54, 1.807) is 9.80 Å². The number of carbonyl (C=O) groups is 2. The van der Waals surface area contributed by atoms with E-state index in [4.69, 9.17) is 0 Å². The number of hydrogen-bond acceptors (Lipinski definition) is 3. The van der Waals surface area contributed by atoms with Gasteiger partial charge in [-0.3, -0.25) is 9.59 Å². The Morgan fingerprint density at radius 1 is 1.12 bits per heavy atom. The zero-order valence-electron chi connectivity index (χ0n) is 10.4. The molecule has 0 aliphatic carbocycles. The minimum atomic E-state index is -0.316. The molecule has 1 unspecified atom stereocenters. The predicted octanol–water partition coefficient (Wildman–Crippen LogP) is -0.323. The third-order valence-electron chi connectivity index (χ3n) is 3.74. The summed E-state index contributed by atoms with van der Waals surface area (Å²) in [6.07, 6.45) is 2.13. The minimum Gasteiger partial charge on any atom is -0.334 e.